The predicted molar refractivity (Wildman–Crippen MR) is 117 cm³/mol. The fourth-order valence-electron chi connectivity index (χ4n) is 3.06. The van der Waals surface area contributed by atoms with Crippen molar-refractivity contribution in [3.8, 4) is 0 Å². The van der Waals surface area contributed by atoms with Gasteiger partial charge in [-0.15, -0.1) is 0 Å². The molecule has 0 unspecified atom stereocenters. The molecule has 3 aromatic rings. The van der Waals surface area contributed by atoms with Gasteiger partial charge in [0.2, 0.25) is 5.95 Å². The van der Waals surface area contributed by atoms with Crippen LogP contribution in [0.1, 0.15) is 19.4 Å². The highest BCUT2D eigenvalue weighted by Gasteiger charge is 2.06. The van der Waals surface area contributed by atoms with Crippen molar-refractivity contribution in [1.82, 2.24) is 15.0 Å². The highest BCUT2D eigenvalue weighted by atomic mass is 15.2. The molecule has 0 spiro atoms. The monoisotopic (exact) mass is 376 g/mol. The maximum Gasteiger partial charge on any atom is 0.229 e. The third-order valence-electron chi connectivity index (χ3n) is 4.77. The lowest BCUT2D eigenvalue weighted by Crippen LogP contribution is -2.22. The number of likely N-dealkylation sites (N-methyl/N-ethyl adjacent to an activating group) is 1. The first kappa shape index (κ1) is 19.6. The summed E-state index contributed by atoms with van der Waals surface area (Å²) in [7, 11) is 2.05. The molecule has 146 valence electrons. The number of rotatable bonds is 9. The number of anilines is 4. The Morgan fingerprint density at radius 1 is 0.893 bits per heavy atom. The summed E-state index contributed by atoms with van der Waals surface area (Å²) >= 11 is 0. The number of nitrogens with one attached hydrogen (secondary N) is 1. The summed E-state index contributed by atoms with van der Waals surface area (Å²) in [6.45, 7) is 7.21. The Morgan fingerprint density at radius 3 is 2.29 bits per heavy atom. The number of nitrogens with zero attached hydrogens (tertiary/aromatic N) is 5. The zero-order valence-electron chi connectivity index (χ0n) is 16.8. The van der Waals surface area contributed by atoms with Crippen molar-refractivity contribution in [2.75, 3.05) is 41.8 Å². The Bertz CT molecular complexity index is 846. The van der Waals surface area contributed by atoms with E-state index in [2.05, 4.69) is 68.2 Å². The topological polar surface area (TPSA) is 57.2 Å². The molecule has 2 heterocycles. The van der Waals surface area contributed by atoms with Crippen molar-refractivity contribution in [3.05, 3.63) is 66.6 Å². The molecule has 6 nitrogen and oxygen atoms in total. The number of hydrogen-bond donors (Lipinski definition) is 1. The van der Waals surface area contributed by atoms with Crippen molar-refractivity contribution in [1.29, 1.82) is 0 Å². The van der Waals surface area contributed by atoms with Gasteiger partial charge in [-0.2, -0.15) is 4.98 Å². The van der Waals surface area contributed by atoms with Gasteiger partial charge < -0.3 is 15.1 Å². The molecule has 2 aromatic heterocycles. The largest absolute Gasteiger partial charge is 0.372 e. The number of pyridine rings is 1. The van der Waals surface area contributed by atoms with Crippen LogP contribution in [0, 0.1) is 0 Å². The zero-order chi connectivity index (χ0) is 19.8. The lowest BCUT2D eigenvalue weighted by Gasteiger charge is -2.21. The zero-order valence-corrected chi connectivity index (χ0v) is 16.8. The van der Waals surface area contributed by atoms with Gasteiger partial charge in [-0.3, -0.25) is 4.98 Å². The molecule has 0 radical (unpaired) electrons. The van der Waals surface area contributed by atoms with Crippen LogP contribution in [0.5, 0.6) is 0 Å². The van der Waals surface area contributed by atoms with Crippen LogP contribution in [0.3, 0.4) is 0 Å². The summed E-state index contributed by atoms with van der Waals surface area (Å²) in [6, 6.07) is 14.4. The van der Waals surface area contributed by atoms with Gasteiger partial charge in [0, 0.05) is 56.6 Å². The molecule has 0 aliphatic carbocycles. The van der Waals surface area contributed by atoms with Gasteiger partial charge in [-0.05, 0) is 68.3 Å². The molecule has 0 aliphatic heterocycles. The summed E-state index contributed by atoms with van der Waals surface area (Å²) in [5.74, 6) is 1.50. The molecule has 0 atom stereocenters. The molecule has 0 aliphatic rings. The van der Waals surface area contributed by atoms with E-state index in [4.69, 9.17) is 0 Å². The Hall–Kier alpha value is -3.15. The summed E-state index contributed by atoms with van der Waals surface area (Å²) in [6.07, 6.45) is 6.39. The lowest BCUT2D eigenvalue weighted by atomic mass is 10.2. The van der Waals surface area contributed by atoms with Gasteiger partial charge in [-0.1, -0.05) is 0 Å². The van der Waals surface area contributed by atoms with E-state index < -0.39 is 0 Å². The lowest BCUT2D eigenvalue weighted by molar-refractivity contribution is 0.855. The Morgan fingerprint density at radius 2 is 1.61 bits per heavy atom. The highest BCUT2D eigenvalue weighted by Crippen LogP contribution is 2.20. The molecule has 0 saturated carbocycles. The molecule has 3 rings (SSSR count). The van der Waals surface area contributed by atoms with Crippen LogP contribution in [0.25, 0.3) is 0 Å². The van der Waals surface area contributed by atoms with Crippen LogP contribution in [-0.4, -0.2) is 41.6 Å². The fraction of sp³-hybridized carbons (Fsp3) is 0.318. The van der Waals surface area contributed by atoms with Gasteiger partial charge >= 0.3 is 0 Å². The van der Waals surface area contributed by atoms with E-state index in [9.17, 15) is 0 Å². The number of benzene rings is 1. The van der Waals surface area contributed by atoms with Gasteiger partial charge in [0.15, 0.2) is 0 Å². The molecule has 0 saturated heterocycles. The minimum Gasteiger partial charge on any atom is -0.372 e. The second-order valence-electron chi connectivity index (χ2n) is 6.61. The first-order chi connectivity index (χ1) is 13.7. The predicted octanol–water partition coefficient (Wildman–Crippen LogP) is 4.14. The van der Waals surface area contributed by atoms with Crippen LogP contribution in [0.15, 0.2) is 61.1 Å². The van der Waals surface area contributed by atoms with Crippen LogP contribution in [0.4, 0.5) is 23.1 Å². The fourth-order valence-corrected chi connectivity index (χ4v) is 3.06. The standard InChI is InChI=1S/C22H28N6/c1-4-28(5-2)20-8-6-19(7-9-20)25-22-24-16-12-21(26-22)27(3)17-13-18-10-14-23-15-11-18/h6-12,14-16H,4-5,13,17H2,1-3H3,(H,24,25,26). The normalized spacial score (nSPS) is 10.5. The molecule has 0 fully saturated rings. The van der Waals surface area contributed by atoms with E-state index in [1.54, 1.807) is 6.20 Å². The number of aromatic nitrogens is 3. The maximum atomic E-state index is 4.65. The van der Waals surface area contributed by atoms with Crippen molar-refractivity contribution >= 4 is 23.1 Å². The van der Waals surface area contributed by atoms with Crippen molar-refractivity contribution < 1.29 is 0 Å². The SMILES string of the molecule is CCN(CC)c1ccc(Nc2nccc(N(C)CCc3ccncc3)n2)cc1. The van der Waals surface area contributed by atoms with E-state index in [1.807, 2.05) is 37.6 Å². The summed E-state index contributed by atoms with van der Waals surface area (Å²) in [5.41, 5.74) is 3.47. The molecular weight excluding hydrogens is 348 g/mol. The van der Waals surface area contributed by atoms with Crippen LogP contribution < -0.4 is 15.1 Å². The second-order valence-corrected chi connectivity index (χ2v) is 6.61. The number of hydrogen-bond acceptors (Lipinski definition) is 6. The third-order valence-corrected chi connectivity index (χ3v) is 4.77. The first-order valence-corrected chi connectivity index (χ1v) is 9.74. The average molecular weight is 377 g/mol. The molecule has 6 heteroatoms. The quantitative estimate of drug-likeness (QED) is 0.606. The summed E-state index contributed by atoms with van der Waals surface area (Å²) in [4.78, 5) is 17.5. The van der Waals surface area contributed by atoms with Crippen molar-refractivity contribution in [3.63, 3.8) is 0 Å². The van der Waals surface area contributed by atoms with Crippen LogP contribution in [0.2, 0.25) is 0 Å². The molecule has 28 heavy (non-hydrogen) atoms. The molecule has 0 amide bonds. The molecular formula is C22H28N6. The van der Waals surface area contributed by atoms with E-state index in [1.165, 1.54) is 11.3 Å². The first-order valence-electron chi connectivity index (χ1n) is 9.74. The Balaban J connectivity index is 1.62. The van der Waals surface area contributed by atoms with Gasteiger partial charge in [0.25, 0.3) is 0 Å². The van der Waals surface area contributed by atoms with Crippen LogP contribution in [-0.2, 0) is 6.42 Å². The third kappa shape index (κ3) is 5.19. The van der Waals surface area contributed by atoms with Gasteiger partial charge in [0.05, 0.1) is 0 Å². The maximum absolute atomic E-state index is 4.65. The molecule has 0 bridgehead atoms. The highest BCUT2D eigenvalue weighted by molar-refractivity contribution is 5.60. The van der Waals surface area contributed by atoms with E-state index in [0.29, 0.717) is 5.95 Å². The van der Waals surface area contributed by atoms with E-state index >= 15 is 0 Å². The van der Waals surface area contributed by atoms with Crippen LogP contribution >= 0.6 is 0 Å². The summed E-state index contributed by atoms with van der Waals surface area (Å²) < 4.78 is 0. The molecule has 1 aromatic carbocycles. The molecule has 1 N–H and O–H groups in total. The van der Waals surface area contributed by atoms with Crippen molar-refractivity contribution in [2.24, 2.45) is 0 Å². The van der Waals surface area contributed by atoms with E-state index in [-0.39, 0.29) is 0 Å². The average Bonchev–Trinajstić information content (AvgIpc) is 2.75. The smallest absolute Gasteiger partial charge is 0.229 e. The Kier molecular flexibility index (Phi) is 6.78. The minimum absolute atomic E-state index is 0.601. The Labute approximate surface area is 167 Å². The minimum atomic E-state index is 0.601. The van der Waals surface area contributed by atoms with Gasteiger partial charge in [-0.25, -0.2) is 4.98 Å². The second kappa shape index (κ2) is 9.69. The van der Waals surface area contributed by atoms with Gasteiger partial charge in [0.1, 0.15) is 5.82 Å². The summed E-state index contributed by atoms with van der Waals surface area (Å²) in [5, 5.41) is 3.30. The van der Waals surface area contributed by atoms with E-state index in [0.717, 1.165) is 37.6 Å². The van der Waals surface area contributed by atoms with Crippen molar-refractivity contribution in [2.45, 2.75) is 20.3 Å².